The van der Waals surface area contributed by atoms with E-state index in [0.717, 1.165) is 28.2 Å². The van der Waals surface area contributed by atoms with Gasteiger partial charge in [0.25, 0.3) is 0 Å². The van der Waals surface area contributed by atoms with Crippen molar-refractivity contribution in [1.29, 1.82) is 0 Å². The van der Waals surface area contributed by atoms with Crippen LogP contribution in [0.25, 0.3) is 11.0 Å². The van der Waals surface area contributed by atoms with E-state index in [0.29, 0.717) is 12.3 Å². The SMILES string of the molecule is COc1ccccc1CNC(=O)CSC(C)c1nc2ccccc2[nH]1. The van der Waals surface area contributed by atoms with E-state index in [4.69, 9.17) is 4.74 Å². The third-order valence-corrected chi connectivity index (χ3v) is 5.08. The van der Waals surface area contributed by atoms with E-state index in [9.17, 15) is 4.79 Å². The first-order valence-electron chi connectivity index (χ1n) is 8.12. The number of thioether (sulfide) groups is 1. The van der Waals surface area contributed by atoms with Crippen LogP contribution in [0.15, 0.2) is 48.5 Å². The Hall–Kier alpha value is -2.47. The van der Waals surface area contributed by atoms with Crippen LogP contribution < -0.4 is 10.1 Å². The van der Waals surface area contributed by atoms with Crippen LogP contribution in [-0.2, 0) is 11.3 Å². The largest absolute Gasteiger partial charge is 0.496 e. The van der Waals surface area contributed by atoms with Crippen molar-refractivity contribution in [2.24, 2.45) is 0 Å². The van der Waals surface area contributed by atoms with Gasteiger partial charge >= 0.3 is 0 Å². The molecule has 25 heavy (non-hydrogen) atoms. The predicted octanol–water partition coefficient (Wildman–Crippen LogP) is 3.68. The van der Waals surface area contributed by atoms with Crippen LogP contribution in [0.4, 0.5) is 0 Å². The first-order chi connectivity index (χ1) is 12.2. The van der Waals surface area contributed by atoms with E-state index in [2.05, 4.69) is 22.2 Å². The molecule has 0 radical (unpaired) electrons. The topological polar surface area (TPSA) is 67.0 Å². The molecular weight excluding hydrogens is 334 g/mol. The summed E-state index contributed by atoms with van der Waals surface area (Å²) < 4.78 is 5.29. The van der Waals surface area contributed by atoms with Crippen molar-refractivity contribution in [2.45, 2.75) is 18.7 Å². The minimum atomic E-state index is -0.00105. The van der Waals surface area contributed by atoms with Gasteiger partial charge in [0.15, 0.2) is 0 Å². The van der Waals surface area contributed by atoms with Gasteiger partial charge in [0.2, 0.25) is 5.91 Å². The van der Waals surface area contributed by atoms with Gasteiger partial charge in [-0.1, -0.05) is 30.3 Å². The summed E-state index contributed by atoms with van der Waals surface area (Å²) in [6.07, 6.45) is 0. The molecule has 6 heteroatoms. The molecule has 1 amide bonds. The third-order valence-electron chi connectivity index (χ3n) is 3.93. The smallest absolute Gasteiger partial charge is 0.230 e. The number of ether oxygens (including phenoxy) is 1. The number of amides is 1. The Morgan fingerprint density at radius 3 is 2.80 bits per heavy atom. The lowest BCUT2D eigenvalue weighted by molar-refractivity contribution is -0.118. The number of rotatable bonds is 7. The Kier molecular flexibility index (Phi) is 5.60. The first-order valence-corrected chi connectivity index (χ1v) is 9.17. The summed E-state index contributed by atoms with van der Waals surface area (Å²) in [5, 5.41) is 3.05. The van der Waals surface area contributed by atoms with Gasteiger partial charge in [-0.15, -0.1) is 11.8 Å². The van der Waals surface area contributed by atoms with Crippen LogP contribution in [-0.4, -0.2) is 28.7 Å². The highest BCUT2D eigenvalue weighted by Crippen LogP contribution is 2.27. The Bertz CT molecular complexity index is 830. The maximum absolute atomic E-state index is 12.1. The van der Waals surface area contributed by atoms with Crippen molar-refractivity contribution >= 4 is 28.7 Å². The molecule has 2 aromatic carbocycles. The zero-order valence-electron chi connectivity index (χ0n) is 14.3. The Balaban J connectivity index is 1.51. The number of aromatic amines is 1. The van der Waals surface area contributed by atoms with E-state index in [1.807, 2.05) is 48.5 Å². The molecule has 0 fully saturated rings. The van der Waals surface area contributed by atoms with Crippen LogP contribution in [0, 0.1) is 0 Å². The van der Waals surface area contributed by atoms with Gasteiger partial charge in [-0.25, -0.2) is 4.98 Å². The van der Waals surface area contributed by atoms with Gasteiger partial charge in [-0.2, -0.15) is 0 Å². The molecular formula is C19H21N3O2S. The van der Waals surface area contributed by atoms with Crippen LogP contribution in [0.5, 0.6) is 5.75 Å². The molecule has 1 aromatic heterocycles. The standard InChI is InChI=1S/C19H21N3O2S/c1-13(19-21-15-8-4-5-9-16(15)22-19)25-12-18(23)20-11-14-7-3-6-10-17(14)24-2/h3-10,13H,11-12H2,1-2H3,(H,20,23)(H,21,22). The van der Waals surface area contributed by atoms with Gasteiger partial charge in [-0.3, -0.25) is 4.79 Å². The molecule has 0 spiro atoms. The normalized spacial score (nSPS) is 12.1. The molecule has 3 rings (SSSR count). The van der Waals surface area contributed by atoms with E-state index in [1.165, 1.54) is 0 Å². The average molecular weight is 355 g/mol. The minimum absolute atomic E-state index is 0.00105. The van der Waals surface area contributed by atoms with Gasteiger partial charge in [0.1, 0.15) is 11.6 Å². The summed E-state index contributed by atoms with van der Waals surface area (Å²) in [6, 6.07) is 15.6. The van der Waals surface area contributed by atoms with E-state index < -0.39 is 0 Å². The molecule has 0 aliphatic rings. The summed E-state index contributed by atoms with van der Waals surface area (Å²) in [7, 11) is 1.63. The van der Waals surface area contributed by atoms with E-state index in [1.54, 1.807) is 18.9 Å². The van der Waals surface area contributed by atoms with Crippen molar-refractivity contribution in [2.75, 3.05) is 12.9 Å². The second kappa shape index (κ2) is 8.07. The number of aromatic nitrogens is 2. The number of benzene rings is 2. The second-order valence-electron chi connectivity index (χ2n) is 5.68. The van der Waals surface area contributed by atoms with Crippen LogP contribution in [0.3, 0.4) is 0 Å². The highest BCUT2D eigenvalue weighted by atomic mass is 32.2. The fraction of sp³-hybridized carbons (Fsp3) is 0.263. The number of H-pyrrole nitrogens is 1. The summed E-state index contributed by atoms with van der Waals surface area (Å²) in [5.74, 6) is 2.06. The summed E-state index contributed by atoms with van der Waals surface area (Å²) >= 11 is 1.56. The number of imidazole rings is 1. The molecule has 0 bridgehead atoms. The fourth-order valence-corrected chi connectivity index (χ4v) is 3.31. The van der Waals surface area contributed by atoms with E-state index in [-0.39, 0.29) is 11.2 Å². The van der Waals surface area contributed by atoms with Gasteiger partial charge in [0.05, 0.1) is 29.1 Å². The van der Waals surface area contributed by atoms with E-state index >= 15 is 0 Å². The molecule has 0 aliphatic carbocycles. The highest BCUT2D eigenvalue weighted by molar-refractivity contribution is 8.00. The zero-order chi connectivity index (χ0) is 17.6. The molecule has 1 atom stereocenters. The number of hydrogen-bond donors (Lipinski definition) is 2. The molecule has 2 N–H and O–H groups in total. The lowest BCUT2D eigenvalue weighted by atomic mass is 10.2. The second-order valence-corrected chi connectivity index (χ2v) is 7.01. The summed E-state index contributed by atoms with van der Waals surface area (Å²) in [5.41, 5.74) is 2.94. The number of nitrogens with one attached hydrogen (secondary N) is 2. The number of carbonyl (C=O) groups is 1. The molecule has 1 unspecified atom stereocenters. The van der Waals surface area contributed by atoms with Gasteiger partial charge < -0.3 is 15.0 Å². The van der Waals surface area contributed by atoms with Crippen molar-refractivity contribution < 1.29 is 9.53 Å². The average Bonchev–Trinajstić information content (AvgIpc) is 3.09. The number of hydrogen-bond acceptors (Lipinski definition) is 4. The maximum Gasteiger partial charge on any atom is 0.230 e. The van der Waals surface area contributed by atoms with Gasteiger partial charge in [-0.05, 0) is 25.1 Å². The number of nitrogens with zero attached hydrogens (tertiary/aromatic N) is 1. The number of para-hydroxylation sites is 3. The fourth-order valence-electron chi connectivity index (χ4n) is 2.54. The first kappa shape index (κ1) is 17.4. The molecule has 1 heterocycles. The van der Waals surface area contributed by atoms with Crippen LogP contribution in [0.2, 0.25) is 0 Å². The minimum Gasteiger partial charge on any atom is -0.496 e. The number of fused-ring (bicyclic) bond motifs is 1. The molecule has 0 aliphatic heterocycles. The monoisotopic (exact) mass is 355 g/mol. The molecule has 0 saturated heterocycles. The summed E-state index contributed by atoms with van der Waals surface area (Å²) in [4.78, 5) is 20.0. The molecule has 5 nitrogen and oxygen atoms in total. The van der Waals surface area contributed by atoms with Crippen molar-refractivity contribution in [3.05, 3.63) is 59.9 Å². The Morgan fingerprint density at radius 2 is 2.00 bits per heavy atom. The van der Waals surface area contributed by atoms with Crippen molar-refractivity contribution in [1.82, 2.24) is 15.3 Å². The van der Waals surface area contributed by atoms with Crippen LogP contribution >= 0.6 is 11.8 Å². The molecule has 3 aromatic rings. The highest BCUT2D eigenvalue weighted by Gasteiger charge is 2.13. The molecule has 0 saturated carbocycles. The number of carbonyl (C=O) groups excluding carboxylic acids is 1. The zero-order valence-corrected chi connectivity index (χ0v) is 15.1. The Morgan fingerprint density at radius 1 is 1.24 bits per heavy atom. The summed E-state index contributed by atoms with van der Waals surface area (Å²) in [6.45, 7) is 2.51. The lowest BCUT2D eigenvalue weighted by Crippen LogP contribution is -2.25. The predicted molar refractivity (Wildman–Crippen MR) is 102 cm³/mol. The molecule has 130 valence electrons. The van der Waals surface area contributed by atoms with Crippen molar-refractivity contribution in [3.8, 4) is 5.75 Å². The van der Waals surface area contributed by atoms with Gasteiger partial charge in [0, 0.05) is 12.1 Å². The maximum atomic E-state index is 12.1. The third kappa shape index (κ3) is 4.33. The lowest BCUT2D eigenvalue weighted by Gasteiger charge is -2.11. The van der Waals surface area contributed by atoms with Crippen molar-refractivity contribution in [3.63, 3.8) is 0 Å². The number of methoxy groups -OCH3 is 1. The Labute approximate surface area is 151 Å². The van der Waals surface area contributed by atoms with Crippen LogP contribution in [0.1, 0.15) is 23.6 Å². The quantitative estimate of drug-likeness (QED) is 0.678.